The third-order valence-electron chi connectivity index (χ3n) is 4.40. The summed E-state index contributed by atoms with van der Waals surface area (Å²) in [4.78, 5) is 29.5. The molecule has 12 heteroatoms. The van der Waals surface area contributed by atoms with E-state index in [1.54, 1.807) is 6.07 Å². The van der Waals surface area contributed by atoms with Crippen LogP contribution in [0.3, 0.4) is 0 Å². The molecule has 3 amide bonds. The van der Waals surface area contributed by atoms with Gasteiger partial charge in [0.2, 0.25) is 0 Å². The molecule has 3 N–H and O–H groups in total. The number of hydrogen-bond acceptors (Lipinski definition) is 7. The van der Waals surface area contributed by atoms with Gasteiger partial charge in [-0.2, -0.15) is 4.98 Å². The van der Waals surface area contributed by atoms with Crippen molar-refractivity contribution in [1.82, 2.24) is 31.0 Å². The minimum atomic E-state index is -0.488. The third kappa shape index (κ3) is 6.30. The van der Waals surface area contributed by atoms with E-state index >= 15 is 0 Å². The van der Waals surface area contributed by atoms with Crippen LogP contribution in [-0.2, 0) is 17.8 Å². The Morgan fingerprint density at radius 3 is 2.87 bits per heavy atom. The van der Waals surface area contributed by atoms with Gasteiger partial charge < -0.3 is 25.2 Å². The van der Waals surface area contributed by atoms with Crippen molar-refractivity contribution >= 4 is 35.1 Å². The Hall–Kier alpha value is -2.40. The lowest BCUT2D eigenvalue weighted by Crippen LogP contribution is -2.48. The summed E-state index contributed by atoms with van der Waals surface area (Å²) in [5.41, 5.74) is 1.06. The minimum absolute atomic E-state index is 0.0291. The molecule has 30 heavy (non-hydrogen) atoms. The first kappa shape index (κ1) is 22.3. The quantitative estimate of drug-likeness (QED) is 0.575. The zero-order valence-corrected chi connectivity index (χ0v) is 17.8. The molecule has 0 aliphatic carbocycles. The number of urea groups is 1. The molecule has 1 aromatic heterocycles. The Morgan fingerprint density at radius 1 is 1.27 bits per heavy atom. The average molecular weight is 457 g/mol. The normalized spacial score (nSPS) is 16.8. The molecule has 2 heterocycles. The monoisotopic (exact) mass is 456 g/mol. The molecule has 1 saturated heterocycles. The van der Waals surface area contributed by atoms with Gasteiger partial charge in [-0.25, -0.2) is 4.79 Å². The van der Waals surface area contributed by atoms with Crippen molar-refractivity contribution in [3.8, 4) is 0 Å². The molecule has 0 spiro atoms. The summed E-state index contributed by atoms with van der Waals surface area (Å²) >= 11 is 12.0. The van der Waals surface area contributed by atoms with E-state index in [2.05, 4.69) is 31.0 Å². The van der Waals surface area contributed by atoms with Crippen LogP contribution in [0, 0.1) is 0 Å². The fourth-order valence-electron chi connectivity index (χ4n) is 2.90. The molecule has 1 fully saturated rings. The number of carbonyl (C=O) groups excluding carboxylic acids is 2. The predicted molar refractivity (Wildman–Crippen MR) is 109 cm³/mol. The van der Waals surface area contributed by atoms with Crippen LogP contribution < -0.4 is 16.0 Å². The molecule has 0 unspecified atom stereocenters. The van der Waals surface area contributed by atoms with Crippen LogP contribution in [0.1, 0.15) is 22.1 Å². The number of morpholine rings is 1. The smallest absolute Gasteiger partial charge is 0.315 e. The number of halogens is 2. The fourth-order valence-corrected chi connectivity index (χ4v) is 3.22. The van der Waals surface area contributed by atoms with Crippen molar-refractivity contribution in [2.24, 2.45) is 0 Å². The maximum atomic E-state index is 12.0. The maximum Gasteiger partial charge on any atom is 0.315 e. The van der Waals surface area contributed by atoms with Gasteiger partial charge in [0.25, 0.3) is 0 Å². The highest BCUT2D eigenvalue weighted by molar-refractivity contribution is 6.42. The molecule has 0 saturated carbocycles. The lowest BCUT2D eigenvalue weighted by Gasteiger charge is -2.33. The summed E-state index contributed by atoms with van der Waals surface area (Å²) in [6, 6.07) is 5.18. The lowest BCUT2D eigenvalue weighted by atomic mass is 10.2. The van der Waals surface area contributed by atoms with Crippen molar-refractivity contribution in [3.63, 3.8) is 0 Å². The van der Waals surface area contributed by atoms with Crippen molar-refractivity contribution in [2.45, 2.75) is 19.2 Å². The number of amides is 3. The van der Waals surface area contributed by atoms with Gasteiger partial charge in [-0.3, -0.25) is 9.69 Å². The Kier molecular flexibility index (Phi) is 7.86. The zero-order valence-electron chi connectivity index (χ0n) is 16.3. The molecule has 162 valence electrons. The second kappa shape index (κ2) is 10.6. The fraction of sp³-hybridized carbons (Fsp3) is 0.444. The van der Waals surface area contributed by atoms with Crippen LogP contribution >= 0.6 is 23.2 Å². The summed E-state index contributed by atoms with van der Waals surface area (Å²) < 4.78 is 10.5. The van der Waals surface area contributed by atoms with E-state index in [-0.39, 0.29) is 24.4 Å². The number of nitrogens with zero attached hydrogens (tertiary/aromatic N) is 3. The van der Waals surface area contributed by atoms with E-state index in [4.69, 9.17) is 32.5 Å². The number of carbonyl (C=O) groups is 2. The molecule has 2 aromatic rings. The highest BCUT2D eigenvalue weighted by Gasteiger charge is 2.21. The predicted octanol–water partition coefficient (Wildman–Crippen LogP) is 1.44. The first-order chi connectivity index (χ1) is 14.4. The molecule has 10 nitrogen and oxygen atoms in total. The lowest BCUT2D eigenvalue weighted by molar-refractivity contribution is -0.0287. The van der Waals surface area contributed by atoms with Crippen molar-refractivity contribution in [3.05, 3.63) is 45.5 Å². The van der Waals surface area contributed by atoms with Crippen LogP contribution in [0.25, 0.3) is 0 Å². The number of aromatic nitrogens is 2. The molecular formula is C18H22Cl2N6O4. The van der Waals surface area contributed by atoms with Gasteiger partial charge in [0.1, 0.15) is 0 Å². The molecule has 0 bridgehead atoms. The van der Waals surface area contributed by atoms with Crippen LogP contribution in [0.5, 0.6) is 0 Å². The second-order valence-electron chi connectivity index (χ2n) is 6.63. The van der Waals surface area contributed by atoms with E-state index in [1.165, 1.54) is 7.05 Å². The number of benzene rings is 1. The first-order valence-corrected chi connectivity index (χ1v) is 10.0. The van der Waals surface area contributed by atoms with Crippen LogP contribution in [-0.4, -0.2) is 66.4 Å². The van der Waals surface area contributed by atoms with Gasteiger partial charge in [-0.05, 0) is 17.7 Å². The summed E-state index contributed by atoms with van der Waals surface area (Å²) in [5, 5.41) is 12.4. The van der Waals surface area contributed by atoms with E-state index < -0.39 is 11.9 Å². The van der Waals surface area contributed by atoms with E-state index in [0.717, 1.165) is 12.1 Å². The van der Waals surface area contributed by atoms with Crippen LogP contribution in [0.4, 0.5) is 4.79 Å². The molecule has 0 radical (unpaired) electrons. The highest BCUT2D eigenvalue weighted by atomic mass is 35.5. The van der Waals surface area contributed by atoms with Gasteiger partial charge in [-0.15, -0.1) is 0 Å². The Bertz CT molecular complexity index is 893. The Morgan fingerprint density at radius 2 is 2.10 bits per heavy atom. The standard InChI is InChI=1S/C18H22Cl2N6O4/c1-21-16(27)17-24-15(25-30-17)8-23-18(28)22-7-12-10-26(4-5-29-12)9-11-2-3-13(19)14(20)6-11/h2-3,6,12H,4-5,7-10H2,1H3,(H,21,27)(H2,22,23,28)/t12-/m0/s1. The summed E-state index contributed by atoms with van der Waals surface area (Å²) in [5.74, 6) is -0.448. The van der Waals surface area contributed by atoms with Gasteiger partial charge in [0.15, 0.2) is 5.82 Å². The third-order valence-corrected chi connectivity index (χ3v) is 5.14. The van der Waals surface area contributed by atoms with Gasteiger partial charge in [-0.1, -0.05) is 34.4 Å². The molecule has 1 aromatic carbocycles. The van der Waals surface area contributed by atoms with E-state index in [9.17, 15) is 9.59 Å². The van der Waals surface area contributed by atoms with Crippen LogP contribution in [0.2, 0.25) is 10.0 Å². The summed E-state index contributed by atoms with van der Waals surface area (Å²) in [6.45, 7) is 3.12. The first-order valence-electron chi connectivity index (χ1n) is 9.29. The molecular weight excluding hydrogens is 435 g/mol. The molecule has 3 rings (SSSR count). The SMILES string of the molecule is CNC(=O)c1nc(CNC(=O)NC[C@H]2CN(Cc3ccc(Cl)c(Cl)c3)CCO2)no1. The largest absolute Gasteiger partial charge is 0.374 e. The molecule has 1 aliphatic rings. The number of hydrogen-bond donors (Lipinski definition) is 3. The topological polar surface area (TPSA) is 122 Å². The highest BCUT2D eigenvalue weighted by Crippen LogP contribution is 2.23. The Balaban J connectivity index is 1.40. The summed E-state index contributed by atoms with van der Waals surface area (Å²) in [7, 11) is 1.46. The molecule has 1 atom stereocenters. The van der Waals surface area contributed by atoms with Crippen LogP contribution in [0.15, 0.2) is 22.7 Å². The van der Waals surface area contributed by atoms with Crippen molar-refractivity contribution in [2.75, 3.05) is 33.3 Å². The van der Waals surface area contributed by atoms with E-state index in [1.807, 2.05) is 12.1 Å². The molecule has 1 aliphatic heterocycles. The second-order valence-corrected chi connectivity index (χ2v) is 7.45. The summed E-state index contributed by atoms with van der Waals surface area (Å²) in [6.07, 6.45) is -0.141. The van der Waals surface area contributed by atoms with Gasteiger partial charge in [0, 0.05) is 33.2 Å². The van der Waals surface area contributed by atoms with Crippen molar-refractivity contribution < 1.29 is 18.8 Å². The number of ether oxygens (including phenoxy) is 1. The zero-order chi connectivity index (χ0) is 21.5. The van der Waals surface area contributed by atoms with E-state index in [0.29, 0.717) is 36.3 Å². The van der Waals surface area contributed by atoms with Gasteiger partial charge in [0.05, 0.1) is 29.3 Å². The average Bonchev–Trinajstić information content (AvgIpc) is 3.22. The maximum absolute atomic E-state index is 12.0. The number of nitrogens with one attached hydrogen (secondary N) is 3. The van der Waals surface area contributed by atoms with Crippen molar-refractivity contribution in [1.29, 1.82) is 0 Å². The van der Waals surface area contributed by atoms with Gasteiger partial charge >= 0.3 is 17.8 Å². The number of rotatable bonds is 7. The Labute approximate surface area is 183 Å². The minimum Gasteiger partial charge on any atom is -0.374 e.